The number of rotatable bonds is 2. The minimum absolute atomic E-state index is 0.387. The normalized spacial score (nSPS) is 30.6. The minimum atomic E-state index is -0.513. The van der Waals surface area contributed by atoms with E-state index in [0.29, 0.717) is 0 Å². The first-order valence-corrected chi connectivity index (χ1v) is 4.67. The first kappa shape index (κ1) is 8.78. The Morgan fingerprint density at radius 2 is 2.54 bits per heavy atom. The largest absolute Gasteiger partial charge is 0.385 e. The van der Waals surface area contributed by atoms with E-state index in [1.165, 1.54) is 0 Å². The standard InChI is InChI=1S/C10H15NO2/c1-10(4-2-6-13-10)9(12)8-3-5-11-7-8/h3,5,7,9,11-12H,2,4,6H2,1H3. The van der Waals surface area contributed by atoms with Crippen LogP contribution in [0.3, 0.4) is 0 Å². The Balaban J connectivity index is 2.16. The van der Waals surface area contributed by atoms with Crippen LogP contribution in [0.4, 0.5) is 0 Å². The van der Waals surface area contributed by atoms with Crippen molar-refractivity contribution in [3.05, 3.63) is 24.0 Å². The molecule has 0 saturated carbocycles. The second-order valence-corrected chi connectivity index (χ2v) is 3.81. The predicted molar refractivity (Wildman–Crippen MR) is 49.3 cm³/mol. The van der Waals surface area contributed by atoms with Gasteiger partial charge in [-0.1, -0.05) is 0 Å². The van der Waals surface area contributed by atoms with Crippen LogP contribution in [0.15, 0.2) is 18.5 Å². The second-order valence-electron chi connectivity index (χ2n) is 3.81. The highest BCUT2D eigenvalue weighted by molar-refractivity contribution is 5.16. The number of nitrogens with one attached hydrogen (secondary N) is 1. The third kappa shape index (κ3) is 1.49. The van der Waals surface area contributed by atoms with Gasteiger partial charge < -0.3 is 14.8 Å². The summed E-state index contributed by atoms with van der Waals surface area (Å²) in [5, 5.41) is 10.0. The molecule has 2 unspecified atom stereocenters. The Morgan fingerprint density at radius 1 is 1.69 bits per heavy atom. The van der Waals surface area contributed by atoms with Gasteiger partial charge in [-0.25, -0.2) is 0 Å². The van der Waals surface area contributed by atoms with Gasteiger partial charge in [-0.15, -0.1) is 0 Å². The predicted octanol–water partition coefficient (Wildman–Crippen LogP) is 1.62. The zero-order valence-electron chi connectivity index (χ0n) is 7.79. The molecule has 0 spiro atoms. The highest BCUT2D eigenvalue weighted by atomic mass is 16.5. The van der Waals surface area contributed by atoms with Gasteiger partial charge in [0.15, 0.2) is 0 Å². The smallest absolute Gasteiger partial charge is 0.109 e. The molecule has 1 aromatic heterocycles. The summed E-state index contributed by atoms with van der Waals surface area (Å²) >= 11 is 0. The van der Waals surface area contributed by atoms with Crippen LogP contribution in [0.2, 0.25) is 0 Å². The third-order valence-electron chi connectivity index (χ3n) is 2.77. The van der Waals surface area contributed by atoms with Crippen LogP contribution >= 0.6 is 0 Å². The van der Waals surface area contributed by atoms with E-state index in [-0.39, 0.29) is 5.60 Å². The summed E-state index contributed by atoms with van der Waals surface area (Å²) in [4.78, 5) is 2.94. The molecule has 2 N–H and O–H groups in total. The van der Waals surface area contributed by atoms with E-state index in [4.69, 9.17) is 4.74 Å². The highest BCUT2D eigenvalue weighted by Crippen LogP contribution is 2.36. The fraction of sp³-hybridized carbons (Fsp3) is 0.600. The molecule has 1 fully saturated rings. The Morgan fingerprint density at radius 3 is 3.08 bits per heavy atom. The van der Waals surface area contributed by atoms with Crippen molar-refractivity contribution in [1.29, 1.82) is 0 Å². The second kappa shape index (κ2) is 3.16. The maximum absolute atomic E-state index is 10.0. The molecule has 3 nitrogen and oxygen atoms in total. The lowest BCUT2D eigenvalue weighted by molar-refractivity contribution is -0.0795. The van der Waals surface area contributed by atoms with E-state index in [2.05, 4.69) is 4.98 Å². The third-order valence-corrected chi connectivity index (χ3v) is 2.77. The Kier molecular flexibility index (Phi) is 2.14. The van der Waals surface area contributed by atoms with Gasteiger partial charge in [-0.3, -0.25) is 0 Å². The Hall–Kier alpha value is -0.800. The first-order valence-electron chi connectivity index (χ1n) is 4.67. The van der Waals surface area contributed by atoms with Gasteiger partial charge in [-0.05, 0) is 25.8 Å². The van der Waals surface area contributed by atoms with Crippen molar-refractivity contribution < 1.29 is 9.84 Å². The number of aliphatic hydroxyl groups excluding tert-OH is 1. The molecule has 0 aliphatic carbocycles. The Labute approximate surface area is 77.7 Å². The molecule has 2 rings (SSSR count). The molecule has 3 heteroatoms. The molecule has 1 aromatic rings. The van der Waals surface area contributed by atoms with Crippen molar-refractivity contribution in [3.63, 3.8) is 0 Å². The van der Waals surface area contributed by atoms with Gasteiger partial charge in [0.2, 0.25) is 0 Å². The van der Waals surface area contributed by atoms with Crippen molar-refractivity contribution in [2.45, 2.75) is 31.5 Å². The molecule has 1 saturated heterocycles. The SMILES string of the molecule is CC1(C(O)c2cc[nH]c2)CCCO1. The monoisotopic (exact) mass is 181 g/mol. The van der Waals surface area contributed by atoms with E-state index in [1.807, 2.05) is 25.4 Å². The van der Waals surface area contributed by atoms with E-state index < -0.39 is 6.10 Å². The summed E-state index contributed by atoms with van der Waals surface area (Å²) in [6, 6.07) is 1.89. The van der Waals surface area contributed by atoms with Crippen LogP contribution < -0.4 is 0 Å². The van der Waals surface area contributed by atoms with Gasteiger partial charge in [0.05, 0.1) is 5.60 Å². The van der Waals surface area contributed by atoms with Crippen molar-refractivity contribution in [2.24, 2.45) is 0 Å². The van der Waals surface area contributed by atoms with Gasteiger partial charge in [0, 0.05) is 24.6 Å². The molecule has 2 heterocycles. The summed E-state index contributed by atoms with van der Waals surface area (Å²) in [7, 11) is 0. The van der Waals surface area contributed by atoms with E-state index in [0.717, 1.165) is 25.0 Å². The first-order chi connectivity index (χ1) is 6.22. The lowest BCUT2D eigenvalue weighted by atomic mass is 9.92. The summed E-state index contributed by atoms with van der Waals surface area (Å²) in [5.41, 5.74) is 0.520. The van der Waals surface area contributed by atoms with Gasteiger partial charge in [0.1, 0.15) is 6.10 Å². The van der Waals surface area contributed by atoms with E-state index in [9.17, 15) is 5.11 Å². The molecule has 0 bridgehead atoms. The number of hydrogen-bond acceptors (Lipinski definition) is 2. The van der Waals surface area contributed by atoms with E-state index >= 15 is 0 Å². The fourth-order valence-corrected chi connectivity index (χ4v) is 1.88. The summed E-state index contributed by atoms with van der Waals surface area (Å²) in [6.45, 7) is 2.73. The number of H-pyrrole nitrogens is 1. The molecule has 2 atom stereocenters. The summed E-state index contributed by atoms with van der Waals surface area (Å²) in [5.74, 6) is 0. The van der Waals surface area contributed by atoms with Crippen LogP contribution in [0.25, 0.3) is 0 Å². The van der Waals surface area contributed by atoms with Gasteiger partial charge in [-0.2, -0.15) is 0 Å². The molecule has 13 heavy (non-hydrogen) atoms. The Bertz CT molecular complexity index is 262. The topological polar surface area (TPSA) is 45.2 Å². The summed E-state index contributed by atoms with van der Waals surface area (Å²) in [6.07, 6.45) is 5.09. The average Bonchev–Trinajstić information content (AvgIpc) is 2.73. The molecular weight excluding hydrogens is 166 g/mol. The zero-order valence-corrected chi connectivity index (χ0v) is 7.79. The fourth-order valence-electron chi connectivity index (χ4n) is 1.88. The highest BCUT2D eigenvalue weighted by Gasteiger charge is 2.38. The van der Waals surface area contributed by atoms with Crippen LogP contribution in [0.5, 0.6) is 0 Å². The van der Waals surface area contributed by atoms with E-state index in [1.54, 1.807) is 0 Å². The van der Waals surface area contributed by atoms with Crippen molar-refractivity contribution in [2.75, 3.05) is 6.61 Å². The quantitative estimate of drug-likeness (QED) is 0.728. The molecule has 1 aliphatic rings. The van der Waals surface area contributed by atoms with Crippen LogP contribution in [-0.4, -0.2) is 22.3 Å². The van der Waals surface area contributed by atoms with Crippen LogP contribution in [-0.2, 0) is 4.74 Å². The number of aliphatic hydroxyl groups is 1. The van der Waals surface area contributed by atoms with Gasteiger partial charge in [0.25, 0.3) is 0 Å². The lowest BCUT2D eigenvalue weighted by Crippen LogP contribution is -2.31. The lowest BCUT2D eigenvalue weighted by Gasteiger charge is -2.28. The van der Waals surface area contributed by atoms with Crippen LogP contribution in [0, 0.1) is 0 Å². The van der Waals surface area contributed by atoms with Gasteiger partial charge >= 0.3 is 0 Å². The molecular formula is C10H15NO2. The molecule has 0 amide bonds. The number of aromatic nitrogens is 1. The van der Waals surface area contributed by atoms with Crippen molar-refractivity contribution in [3.8, 4) is 0 Å². The maximum Gasteiger partial charge on any atom is 0.109 e. The van der Waals surface area contributed by atoms with Crippen molar-refractivity contribution in [1.82, 2.24) is 4.98 Å². The molecule has 0 radical (unpaired) electrons. The minimum Gasteiger partial charge on any atom is -0.385 e. The number of aromatic amines is 1. The molecule has 1 aliphatic heterocycles. The summed E-state index contributed by atoms with van der Waals surface area (Å²) < 4.78 is 5.56. The number of ether oxygens (including phenoxy) is 1. The average molecular weight is 181 g/mol. The van der Waals surface area contributed by atoms with Crippen LogP contribution in [0.1, 0.15) is 31.4 Å². The zero-order chi connectivity index (χ0) is 9.31. The van der Waals surface area contributed by atoms with Crippen molar-refractivity contribution >= 4 is 0 Å². The molecule has 0 aromatic carbocycles. The molecule has 72 valence electrons. The maximum atomic E-state index is 10.0. The number of hydrogen-bond donors (Lipinski definition) is 2.